The van der Waals surface area contributed by atoms with Gasteiger partial charge in [0, 0.05) is 31.3 Å². The lowest BCUT2D eigenvalue weighted by Crippen LogP contribution is -2.39. The Morgan fingerprint density at radius 3 is 2.24 bits per heavy atom. The van der Waals surface area contributed by atoms with Gasteiger partial charge in [-0.3, -0.25) is 4.79 Å². The van der Waals surface area contributed by atoms with E-state index in [2.05, 4.69) is 22.8 Å². The van der Waals surface area contributed by atoms with Crippen molar-refractivity contribution in [2.75, 3.05) is 19.0 Å². The lowest BCUT2D eigenvalue weighted by atomic mass is 9.89. The van der Waals surface area contributed by atoms with Gasteiger partial charge in [0.25, 0.3) is 0 Å². The number of nitrogens with one attached hydrogen (secondary N) is 2. The summed E-state index contributed by atoms with van der Waals surface area (Å²) in [5.41, 5.74) is 2.04. The van der Waals surface area contributed by atoms with Crippen molar-refractivity contribution in [2.24, 2.45) is 5.92 Å². The lowest BCUT2D eigenvalue weighted by molar-refractivity contribution is -0.117. The molecule has 2 N–H and O–H groups in total. The summed E-state index contributed by atoms with van der Waals surface area (Å²) < 4.78 is 11.0. The molecular formula is C24H30N2O3. The van der Waals surface area contributed by atoms with Crippen molar-refractivity contribution in [3.05, 3.63) is 54.1 Å². The molecule has 0 aromatic heterocycles. The van der Waals surface area contributed by atoms with Crippen molar-refractivity contribution in [1.82, 2.24) is 5.32 Å². The van der Waals surface area contributed by atoms with Crippen molar-refractivity contribution in [3.8, 4) is 11.5 Å². The number of benzene rings is 2. The standard InChI is InChI=1S/C24H30N2O3/c1-28-13-12-17-2-8-22(9-3-17)29-23-10-6-19(7-11-23)26-24(27)16-18-14-20-4-5-21(15-18)25-20/h2-3,6-11,18,20-21,25H,4-5,12-16H2,1H3,(H,26,27). The third kappa shape index (κ3) is 5.58. The van der Waals surface area contributed by atoms with Crippen LogP contribution in [-0.4, -0.2) is 31.7 Å². The van der Waals surface area contributed by atoms with Crippen molar-refractivity contribution < 1.29 is 14.3 Å². The molecule has 1 amide bonds. The van der Waals surface area contributed by atoms with E-state index < -0.39 is 0 Å². The van der Waals surface area contributed by atoms with E-state index in [1.807, 2.05) is 36.4 Å². The van der Waals surface area contributed by atoms with Gasteiger partial charge in [-0.15, -0.1) is 0 Å². The molecule has 2 unspecified atom stereocenters. The van der Waals surface area contributed by atoms with Crippen LogP contribution in [0.25, 0.3) is 0 Å². The molecule has 5 heteroatoms. The number of methoxy groups -OCH3 is 1. The highest BCUT2D eigenvalue weighted by Gasteiger charge is 2.34. The predicted molar refractivity (Wildman–Crippen MR) is 114 cm³/mol. The number of ether oxygens (including phenoxy) is 2. The normalized spacial score (nSPS) is 23.0. The summed E-state index contributed by atoms with van der Waals surface area (Å²) in [6.45, 7) is 0.714. The van der Waals surface area contributed by atoms with Crippen LogP contribution in [0.15, 0.2) is 48.5 Å². The average molecular weight is 395 g/mol. The van der Waals surface area contributed by atoms with Crippen molar-refractivity contribution >= 4 is 11.6 Å². The topological polar surface area (TPSA) is 59.6 Å². The van der Waals surface area contributed by atoms with Gasteiger partial charge in [-0.25, -0.2) is 0 Å². The summed E-state index contributed by atoms with van der Waals surface area (Å²) in [4.78, 5) is 12.4. The van der Waals surface area contributed by atoms with E-state index in [9.17, 15) is 4.79 Å². The molecule has 2 atom stereocenters. The fourth-order valence-electron chi connectivity index (χ4n) is 4.50. The number of amides is 1. The van der Waals surface area contributed by atoms with Crippen LogP contribution in [0.4, 0.5) is 5.69 Å². The van der Waals surface area contributed by atoms with Crippen molar-refractivity contribution in [2.45, 2.75) is 50.6 Å². The van der Waals surface area contributed by atoms with Gasteiger partial charge in [0.1, 0.15) is 11.5 Å². The minimum Gasteiger partial charge on any atom is -0.457 e. The molecule has 2 aromatic carbocycles. The number of anilines is 1. The molecular weight excluding hydrogens is 364 g/mol. The number of fused-ring (bicyclic) bond motifs is 2. The summed E-state index contributed by atoms with van der Waals surface area (Å²) >= 11 is 0. The molecule has 5 nitrogen and oxygen atoms in total. The monoisotopic (exact) mass is 394 g/mol. The number of carbonyl (C=O) groups excluding carboxylic acids is 1. The Morgan fingerprint density at radius 2 is 1.62 bits per heavy atom. The van der Waals surface area contributed by atoms with Crippen molar-refractivity contribution in [3.63, 3.8) is 0 Å². The Bertz CT molecular complexity index is 792. The smallest absolute Gasteiger partial charge is 0.224 e. The molecule has 2 bridgehead atoms. The minimum atomic E-state index is 0.108. The van der Waals surface area contributed by atoms with Crippen LogP contribution in [0.2, 0.25) is 0 Å². The summed E-state index contributed by atoms with van der Waals surface area (Å²) in [5.74, 6) is 2.16. The maximum absolute atomic E-state index is 12.4. The predicted octanol–water partition coefficient (Wildman–Crippen LogP) is 4.53. The maximum atomic E-state index is 12.4. The van der Waals surface area contributed by atoms with Crippen LogP contribution in [0.5, 0.6) is 11.5 Å². The summed E-state index contributed by atoms with van der Waals surface area (Å²) in [6, 6.07) is 16.8. The summed E-state index contributed by atoms with van der Waals surface area (Å²) in [5, 5.41) is 6.66. The van der Waals surface area contributed by atoms with Crippen LogP contribution in [-0.2, 0) is 16.0 Å². The Hall–Kier alpha value is -2.37. The number of rotatable bonds is 8. The third-order valence-electron chi connectivity index (χ3n) is 5.94. The SMILES string of the molecule is COCCc1ccc(Oc2ccc(NC(=O)CC3CC4CCC(C3)N4)cc2)cc1. The van der Waals surface area contributed by atoms with Gasteiger partial charge in [0.05, 0.1) is 6.61 Å². The lowest BCUT2D eigenvalue weighted by Gasteiger charge is -2.28. The summed E-state index contributed by atoms with van der Waals surface area (Å²) in [7, 11) is 1.71. The maximum Gasteiger partial charge on any atom is 0.224 e. The zero-order valence-corrected chi connectivity index (χ0v) is 17.0. The first-order chi connectivity index (χ1) is 14.2. The van der Waals surface area contributed by atoms with Gasteiger partial charge in [-0.2, -0.15) is 0 Å². The molecule has 2 fully saturated rings. The molecule has 29 heavy (non-hydrogen) atoms. The summed E-state index contributed by atoms with van der Waals surface area (Å²) in [6.07, 6.45) is 6.29. The Labute approximate surface area is 172 Å². The highest BCUT2D eigenvalue weighted by molar-refractivity contribution is 5.90. The van der Waals surface area contributed by atoms with E-state index in [0.717, 1.165) is 36.4 Å². The highest BCUT2D eigenvalue weighted by atomic mass is 16.5. The molecule has 0 saturated carbocycles. The van der Waals surface area contributed by atoms with Crippen LogP contribution in [0.1, 0.15) is 37.7 Å². The molecule has 2 saturated heterocycles. The van der Waals surface area contributed by atoms with Gasteiger partial charge < -0.3 is 20.1 Å². The molecule has 0 radical (unpaired) electrons. The molecule has 2 aliphatic heterocycles. The van der Waals surface area contributed by atoms with Crippen LogP contribution in [0, 0.1) is 5.92 Å². The van der Waals surface area contributed by atoms with E-state index in [1.165, 1.54) is 18.4 Å². The first-order valence-corrected chi connectivity index (χ1v) is 10.6. The zero-order valence-electron chi connectivity index (χ0n) is 17.0. The van der Waals surface area contributed by atoms with Gasteiger partial charge in [0.15, 0.2) is 0 Å². The van der Waals surface area contributed by atoms with Crippen molar-refractivity contribution in [1.29, 1.82) is 0 Å². The van der Waals surface area contributed by atoms with Crippen LogP contribution >= 0.6 is 0 Å². The van der Waals surface area contributed by atoms with E-state index in [1.54, 1.807) is 7.11 Å². The number of hydrogen-bond acceptors (Lipinski definition) is 4. The fourth-order valence-corrected chi connectivity index (χ4v) is 4.50. The average Bonchev–Trinajstić information content (AvgIpc) is 3.07. The van der Waals surface area contributed by atoms with E-state index in [0.29, 0.717) is 31.0 Å². The first-order valence-electron chi connectivity index (χ1n) is 10.6. The second-order valence-electron chi connectivity index (χ2n) is 8.24. The van der Waals surface area contributed by atoms with Crippen LogP contribution in [0.3, 0.4) is 0 Å². The number of hydrogen-bond donors (Lipinski definition) is 2. The minimum absolute atomic E-state index is 0.108. The quantitative estimate of drug-likeness (QED) is 0.691. The fraction of sp³-hybridized carbons (Fsp3) is 0.458. The largest absolute Gasteiger partial charge is 0.457 e. The molecule has 154 valence electrons. The molecule has 2 heterocycles. The van der Waals surface area contributed by atoms with Gasteiger partial charge in [-0.05, 0) is 80.0 Å². The van der Waals surface area contributed by atoms with E-state index in [4.69, 9.17) is 9.47 Å². The molecule has 2 aromatic rings. The van der Waals surface area contributed by atoms with Gasteiger partial charge in [-0.1, -0.05) is 12.1 Å². The van der Waals surface area contributed by atoms with E-state index >= 15 is 0 Å². The second kappa shape index (κ2) is 9.42. The van der Waals surface area contributed by atoms with Crippen LogP contribution < -0.4 is 15.4 Å². The van der Waals surface area contributed by atoms with Gasteiger partial charge >= 0.3 is 0 Å². The highest BCUT2D eigenvalue weighted by Crippen LogP contribution is 2.33. The molecule has 0 spiro atoms. The first kappa shape index (κ1) is 19.9. The Balaban J connectivity index is 1.26. The zero-order chi connectivity index (χ0) is 20.1. The number of piperidine rings is 1. The third-order valence-corrected chi connectivity index (χ3v) is 5.94. The molecule has 2 aliphatic rings. The van der Waals surface area contributed by atoms with Gasteiger partial charge in [0.2, 0.25) is 5.91 Å². The molecule has 4 rings (SSSR count). The molecule has 0 aliphatic carbocycles. The second-order valence-corrected chi connectivity index (χ2v) is 8.24. The Kier molecular flexibility index (Phi) is 6.47. The van der Waals surface area contributed by atoms with E-state index in [-0.39, 0.29) is 5.91 Å². The number of carbonyl (C=O) groups is 1. The Morgan fingerprint density at radius 1 is 1.00 bits per heavy atom.